The highest BCUT2D eigenvalue weighted by Gasteiger charge is 2.35. The van der Waals surface area contributed by atoms with Crippen LogP contribution in [0.25, 0.3) is 0 Å². The van der Waals surface area contributed by atoms with Crippen molar-refractivity contribution in [1.29, 1.82) is 0 Å². The van der Waals surface area contributed by atoms with Gasteiger partial charge in [0.15, 0.2) is 0 Å². The van der Waals surface area contributed by atoms with Gasteiger partial charge >= 0.3 is 0 Å². The molecule has 23 heavy (non-hydrogen) atoms. The van der Waals surface area contributed by atoms with Crippen LogP contribution in [-0.2, 0) is 16.1 Å². The SMILES string of the molecule is C[C@H](CNC(=O)[C@@H]1COCCN1C1CCCC1)Cn1ccnc1. The monoisotopic (exact) mass is 320 g/mol. The number of rotatable bonds is 6. The van der Waals surface area contributed by atoms with Crippen LogP contribution in [0.3, 0.4) is 0 Å². The highest BCUT2D eigenvalue weighted by atomic mass is 16.5. The zero-order valence-electron chi connectivity index (χ0n) is 14.0. The third-order valence-electron chi connectivity index (χ3n) is 4.97. The van der Waals surface area contributed by atoms with Crippen LogP contribution < -0.4 is 5.32 Å². The van der Waals surface area contributed by atoms with Gasteiger partial charge in [0.25, 0.3) is 0 Å². The molecule has 1 N–H and O–H groups in total. The molecular formula is C17H28N4O2. The van der Waals surface area contributed by atoms with E-state index in [0.717, 1.165) is 19.7 Å². The average molecular weight is 320 g/mol. The Bertz CT molecular complexity index is 485. The van der Waals surface area contributed by atoms with E-state index in [2.05, 4.69) is 22.1 Å². The Morgan fingerprint density at radius 1 is 1.43 bits per heavy atom. The van der Waals surface area contributed by atoms with Crippen LogP contribution >= 0.6 is 0 Å². The number of hydrogen-bond donors (Lipinski definition) is 1. The second-order valence-corrected chi connectivity index (χ2v) is 6.88. The van der Waals surface area contributed by atoms with Gasteiger partial charge in [-0.3, -0.25) is 9.69 Å². The van der Waals surface area contributed by atoms with Crippen molar-refractivity contribution in [1.82, 2.24) is 19.8 Å². The third kappa shape index (κ3) is 4.32. The summed E-state index contributed by atoms with van der Waals surface area (Å²) in [4.78, 5) is 19.1. The fourth-order valence-electron chi connectivity index (χ4n) is 3.73. The topological polar surface area (TPSA) is 59.4 Å². The first-order valence-electron chi connectivity index (χ1n) is 8.81. The Labute approximate surface area is 138 Å². The first kappa shape index (κ1) is 16.5. The van der Waals surface area contributed by atoms with Crippen molar-refractivity contribution in [2.24, 2.45) is 5.92 Å². The van der Waals surface area contributed by atoms with Crippen LogP contribution in [0, 0.1) is 5.92 Å². The molecule has 6 heteroatoms. The summed E-state index contributed by atoms with van der Waals surface area (Å²) in [5.41, 5.74) is 0. The van der Waals surface area contributed by atoms with E-state index in [1.165, 1.54) is 25.7 Å². The lowest BCUT2D eigenvalue weighted by Gasteiger charge is -2.38. The first-order chi connectivity index (χ1) is 11.2. The first-order valence-corrected chi connectivity index (χ1v) is 8.81. The fraction of sp³-hybridized carbons (Fsp3) is 0.765. The highest BCUT2D eigenvalue weighted by Crippen LogP contribution is 2.26. The van der Waals surface area contributed by atoms with E-state index in [9.17, 15) is 4.79 Å². The van der Waals surface area contributed by atoms with Crippen LogP contribution in [0.4, 0.5) is 0 Å². The molecule has 3 rings (SSSR count). The lowest BCUT2D eigenvalue weighted by molar-refractivity contribution is -0.134. The molecule has 0 aromatic carbocycles. The molecule has 128 valence electrons. The van der Waals surface area contributed by atoms with Crippen molar-refractivity contribution in [3.63, 3.8) is 0 Å². The lowest BCUT2D eigenvalue weighted by Crippen LogP contribution is -2.57. The molecule has 6 nitrogen and oxygen atoms in total. The number of amides is 1. The standard InChI is InChI=1S/C17H28N4O2/c1-14(11-20-7-6-18-13-20)10-19-17(22)16-12-23-9-8-21(16)15-4-2-3-5-15/h6-7,13-16H,2-5,8-12H2,1H3,(H,19,22)/t14-,16+/m1/s1. The molecule has 1 saturated heterocycles. The summed E-state index contributed by atoms with van der Waals surface area (Å²) < 4.78 is 7.62. The number of hydrogen-bond acceptors (Lipinski definition) is 4. The summed E-state index contributed by atoms with van der Waals surface area (Å²) in [6, 6.07) is 0.449. The smallest absolute Gasteiger partial charge is 0.239 e. The molecule has 0 bridgehead atoms. The molecule has 2 heterocycles. The van der Waals surface area contributed by atoms with Crippen molar-refractivity contribution in [3.05, 3.63) is 18.7 Å². The van der Waals surface area contributed by atoms with Crippen molar-refractivity contribution < 1.29 is 9.53 Å². The van der Waals surface area contributed by atoms with E-state index in [4.69, 9.17) is 4.74 Å². The van der Waals surface area contributed by atoms with E-state index >= 15 is 0 Å². The Morgan fingerprint density at radius 3 is 3.00 bits per heavy atom. The quantitative estimate of drug-likeness (QED) is 0.858. The lowest BCUT2D eigenvalue weighted by atomic mass is 10.1. The van der Waals surface area contributed by atoms with E-state index in [1.54, 1.807) is 6.20 Å². The Morgan fingerprint density at radius 2 is 2.26 bits per heavy atom. The fourth-order valence-corrected chi connectivity index (χ4v) is 3.73. The summed E-state index contributed by atoms with van der Waals surface area (Å²) in [5, 5.41) is 3.12. The summed E-state index contributed by atoms with van der Waals surface area (Å²) >= 11 is 0. The Balaban J connectivity index is 1.49. The Kier molecular flexibility index (Phi) is 5.67. The molecule has 0 radical (unpaired) electrons. The third-order valence-corrected chi connectivity index (χ3v) is 4.97. The molecule has 2 fully saturated rings. The van der Waals surface area contributed by atoms with Crippen molar-refractivity contribution in [2.75, 3.05) is 26.3 Å². The molecular weight excluding hydrogens is 292 g/mol. The van der Waals surface area contributed by atoms with Gasteiger partial charge in [-0.2, -0.15) is 0 Å². The number of ether oxygens (including phenoxy) is 1. The number of carbonyl (C=O) groups is 1. The summed E-state index contributed by atoms with van der Waals surface area (Å²) in [7, 11) is 0. The molecule has 1 aliphatic heterocycles. The van der Waals surface area contributed by atoms with Crippen LogP contribution in [0.1, 0.15) is 32.6 Å². The van der Waals surface area contributed by atoms with Gasteiger partial charge < -0.3 is 14.6 Å². The van der Waals surface area contributed by atoms with Gasteiger partial charge in [-0.15, -0.1) is 0 Å². The second-order valence-electron chi connectivity index (χ2n) is 6.88. The predicted octanol–water partition coefficient (Wildman–Crippen LogP) is 1.28. The molecule has 1 saturated carbocycles. The average Bonchev–Trinajstić information content (AvgIpc) is 3.26. The number of nitrogens with zero attached hydrogens (tertiary/aromatic N) is 3. The molecule has 1 aromatic rings. The maximum atomic E-state index is 12.6. The maximum Gasteiger partial charge on any atom is 0.239 e. The van der Waals surface area contributed by atoms with E-state index in [-0.39, 0.29) is 11.9 Å². The zero-order chi connectivity index (χ0) is 16.1. The largest absolute Gasteiger partial charge is 0.378 e. The maximum absolute atomic E-state index is 12.6. The van der Waals surface area contributed by atoms with Crippen LogP contribution in [0.2, 0.25) is 0 Å². The van der Waals surface area contributed by atoms with E-state index < -0.39 is 0 Å². The number of nitrogens with one attached hydrogen (secondary N) is 1. The molecule has 2 aliphatic rings. The molecule has 0 spiro atoms. The van der Waals surface area contributed by atoms with Gasteiger partial charge in [0.05, 0.1) is 19.5 Å². The summed E-state index contributed by atoms with van der Waals surface area (Å²) in [5.74, 6) is 0.492. The number of imidazole rings is 1. The van der Waals surface area contributed by atoms with Gasteiger partial charge in [-0.25, -0.2) is 4.98 Å². The molecule has 2 atom stereocenters. The molecule has 1 aliphatic carbocycles. The van der Waals surface area contributed by atoms with Crippen molar-refractivity contribution in [3.8, 4) is 0 Å². The predicted molar refractivity (Wildman–Crippen MR) is 88.0 cm³/mol. The van der Waals surface area contributed by atoms with Gasteiger partial charge in [0.1, 0.15) is 6.04 Å². The normalized spacial score (nSPS) is 24.7. The minimum absolute atomic E-state index is 0.118. The minimum atomic E-state index is -0.118. The zero-order valence-corrected chi connectivity index (χ0v) is 14.0. The summed E-state index contributed by atoms with van der Waals surface area (Å²) in [6.07, 6.45) is 10.6. The molecule has 1 amide bonds. The molecule has 0 unspecified atom stereocenters. The van der Waals surface area contributed by atoms with Gasteiger partial charge in [-0.05, 0) is 18.8 Å². The number of aromatic nitrogens is 2. The van der Waals surface area contributed by atoms with Crippen LogP contribution in [-0.4, -0.2) is 58.7 Å². The van der Waals surface area contributed by atoms with Crippen LogP contribution in [0.5, 0.6) is 0 Å². The van der Waals surface area contributed by atoms with E-state index in [0.29, 0.717) is 25.1 Å². The van der Waals surface area contributed by atoms with Crippen molar-refractivity contribution in [2.45, 2.75) is 51.2 Å². The van der Waals surface area contributed by atoms with Crippen LogP contribution in [0.15, 0.2) is 18.7 Å². The minimum Gasteiger partial charge on any atom is -0.378 e. The van der Waals surface area contributed by atoms with Gasteiger partial charge in [0.2, 0.25) is 5.91 Å². The van der Waals surface area contributed by atoms with E-state index in [1.807, 2.05) is 17.1 Å². The Hall–Kier alpha value is -1.40. The summed E-state index contributed by atoms with van der Waals surface area (Å²) in [6.45, 7) is 5.86. The molecule has 1 aromatic heterocycles. The highest BCUT2D eigenvalue weighted by molar-refractivity contribution is 5.82. The van der Waals surface area contributed by atoms with Crippen molar-refractivity contribution >= 4 is 5.91 Å². The van der Waals surface area contributed by atoms with Gasteiger partial charge in [-0.1, -0.05) is 19.8 Å². The second kappa shape index (κ2) is 7.93. The number of carbonyl (C=O) groups excluding carboxylic acids is 1. The number of morpholine rings is 1. The van der Waals surface area contributed by atoms with Gasteiger partial charge in [0, 0.05) is 38.1 Å².